The van der Waals surface area contributed by atoms with Gasteiger partial charge in [-0.05, 0) is 46.1 Å². The molecule has 0 unspecified atom stereocenters. The molecule has 0 rings (SSSR count). The van der Waals surface area contributed by atoms with Crippen LogP contribution in [-0.2, 0) is 33.5 Å². The van der Waals surface area contributed by atoms with Gasteiger partial charge >= 0.3 is 12.1 Å². The number of carbonyl (C=O) groups excluding carboxylic acids is 6. The smallest absolute Gasteiger partial charge is 0.407 e. The average Bonchev–Trinajstić information content (AvgIpc) is 2.81. The summed E-state index contributed by atoms with van der Waals surface area (Å²) < 4.78 is 5.13. The van der Waals surface area contributed by atoms with Crippen molar-refractivity contribution >= 4 is 49.5 Å². The number of ether oxygens (including phenoxy) is 1. The van der Waals surface area contributed by atoms with Crippen LogP contribution < -0.4 is 32.7 Å². The van der Waals surface area contributed by atoms with Crippen molar-refractivity contribution < 1.29 is 43.4 Å². The van der Waals surface area contributed by atoms with Gasteiger partial charge in [0.1, 0.15) is 18.1 Å². The summed E-state index contributed by atoms with van der Waals surface area (Å²) in [4.78, 5) is 83.7. The van der Waals surface area contributed by atoms with E-state index in [-0.39, 0.29) is 13.0 Å². The molecule has 0 aliphatic heterocycles. The zero-order valence-corrected chi connectivity index (χ0v) is 25.0. The highest BCUT2D eigenvalue weighted by Gasteiger charge is 2.40. The summed E-state index contributed by atoms with van der Waals surface area (Å²) in [6.07, 6.45) is -0.512. The lowest BCUT2D eigenvalue weighted by Gasteiger charge is -2.27. The van der Waals surface area contributed by atoms with Crippen molar-refractivity contribution in [3.8, 4) is 0 Å². The molecule has 0 fully saturated rings. The second-order valence-corrected chi connectivity index (χ2v) is 16.5. The Kier molecular flexibility index (Phi) is 15.1. The Morgan fingerprint density at radius 2 is 1.48 bits per heavy atom. The number of carbonyl (C=O) groups is 7. The quantitative estimate of drug-likeness (QED) is 0.0582. The lowest BCUT2D eigenvalue weighted by atomic mass is 9.88. The molecule has 0 aromatic heterocycles. The molecule has 5 amide bonds. The number of hydrogen-bond donors (Lipinski definition) is 7. The predicted molar refractivity (Wildman–Crippen MR) is 148 cm³/mol. The van der Waals surface area contributed by atoms with Gasteiger partial charge in [-0.2, -0.15) is 0 Å². The third kappa shape index (κ3) is 14.0. The van der Waals surface area contributed by atoms with Crippen LogP contribution >= 0.6 is 0 Å². The van der Waals surface area contributed by atoms with Crippen molar-refractivity contribution in [2.24, 2.45) is 11.5 Å². The fraction of sp³-hybridized carbons (Fsp3) is 0.708. The zero-order chi connectivity index (χ0) is 31.3. The van der Waals surface area contributed by atoms with E-state index in [9.17, 15) is 33.6 Å². The summed E-state index contributed by atoms with van der Waals surface area (Å²) in [7, 11) is -1.32. The Morgan fingerprint density at radius 1 is 0.925 bits per heavy atom. The van der Waals surface area contributed by atoms with Gasteiger partial charge in [-0.1, -0.05) is 19.6 Å². The number of unbranched alkanes of at least 4 members (excludes halogenated alkanes) is 1. The zero-order valence-electron chi connectivity index (χ0n) is 24.0. The molecule has 0 spiro atoms. The summed E-state index contributed by atoms with van der Waals surface area (Å²) in [5.41, 5.74) is 9.14. The number of hydrogen-bond acceptors (Lipinski definition) is 9. The van der Waals surface area contributed by atoms with E-state index < -0.39 is 79.6 Å². The maximum atomic E-state index is 12.8. The number of carboxylic acid groups (broad SMARTS) is 1. The number of carboxylic acids is 1. The van der Waals surface area contributed by atoms with Crippen LogP contribution in [0.2, 0.25) is 25.7 Å². The fourth-order valence-electron chi connectivity index (χ4n) is 3.16. The molecule has 9 N–H and O–H groups in total. The largest absolute Gasteiger partial charge is 0.480 e. The van der Waals surface area contributed by atoms with Gasteiger partial charge in [0.15, 0.2) is 11.3 Å². The second kappa shape index (κ2) is 16.5. The van der Waals surface area contributed by atoms with Gasteiger partial charge < -0.3 is 42.6 Å². The molecule has 0 aromatic carbocycles. The van der Waals surface area contributed by atoms with Gasteiger partial charge in [0.25, 0.3) is 0 Å². The Labute approximate surface area is 234 Å². The highest BCUT2D eigenvalue weighted by molar-refractivity contribution is 6.76. The highest BCUT2D eigenvalue weighted by atomic mass is 28.3. The van der Waals surface area contributed by atoms with Crippen molar-refractivity contribution in [3.63, 3.8) is 0 Å². The molecule has 228 valence electrons. The summed E-state index contributed by atoms with van der Waals surface area (Å²) in [5, 5.41) is 18.4. The first-order chi connectivity index (χ1) is 18.3. The summed E-state index contributed by atoms with van der Waals surface area (Å²) in [6.45, 7) is 10.8. The topological polar surface area (TPSA) is 249 Å². The monoisotopic (exact) mass is 588 g/mol. The lowest BCUT2D eigenvalue weighted by molar-refractivity contribution is -0.143. The first-order valence-electron chi connectivity index (χ1n) is 12.9. The second-order valence-electron chi connectivity index (χ2n) is 10.9. The van der Waals surface area contributed by atoms with Crippen molar-refractivity contribution in [3.05, 3.63) is 0 Å². The van der Waals surface area contributed by atoms with Crippen LogP contribution in [0.25, 0.3) is 0 Å². The minimum Gasteiger partial charge on any atom is -0.480 e. The van der Waals surface area contributed by atoms with E-state index in [1.807, 2.05) is 0 Å². The molecule has 0 aliphatic rings. The maximum Gasteiger partial charge on any atom is 0.407 e. The fourth-order valence-corrected chi connectivity index (χ4v) is 3.88. The molecule has 4 atom stereocenters. The molecule has 40 heavy (non-hydrogen) atoms. The maximum absolute atomic E-state index is 12.8. The number of alkyl carbamates (subject to hydrolysis) is 1. The summed E-state index contributed by atoms with van der Waals surface area (Å²) in [5.74, 6) is -5.65. The molecular formula is C24H44N6O9Si. The van der Waals surface area contributed by atoms with Crippen LogP contribution in [-0.4, -0.2) is 91.5 Å². The van der Waals surface area contributed by atoms with Gasteiger partial charge in [-0.3, -0.25) is 24.0 Å². The standard InChI is InChI=1S/C24H44N6O9Si/c1-14(20(34)30-17(21(35)36)13-18(25)32)28-19(33)15(2)29-22(37)24(26,16(3)31)9-7-8-10-27-23(38)39-11-12-40(4,5)6/h14-15,17H,7-13,26H2,1-6H3,(H2,25,32)(H,27,38)(H,28,33)(H,29,37)(H,30,34)(H,35,36)/t14-,15-,17-,24+/m0/s1. The third-order valence-electron chi connectivity index (χ3n) is 5.90. The minimum atomic E-state index is -1.93. The van der Waals surface area contributed by atoms with Gasteiger partial charge in [0.05, 0.1) is 13.0 Å². The van der Waals surface area contributed by atoms with Crippen LogP contribution in [0.5, 0.6) is 0 Å². The van der Waals surface area contributed by atoms with Crippen molar-refractivity contribution in [1.29, 1.82) is 0 Å². The molecule has 0 saturated carbocycles. The molecule has 0 heterocycles. The number of nitrogens with two attached hydrogens (primary N) is 2. The number of nitrogens with one attached hydrogen (secondary N) is 4. The normalized spacial score (nSPS) is 14.9. The van der Waals surface area contributed by atoms with E-state index in [1.165, 1.54) is 13.8 Å². The van der Waals surface area contributed by atoms with E-state index >= 15 is 0 Å². The Balaban J connectivity index is 4.81. The number of ketones is 1. The third-order valence-corrected chi connectivity index (χ3v) is 7.60. The highest BCUT2D eigenvalue weighted by Crippen LogP contribution is 2.14. The first-order valence-corrected chi connectivity index (χ1v) is 16.6. The van der Waals surface area contributed by atoms with Gasteiger partial charge in [0, 0.05) is 14.6 Å². The molecule has 16 heteroatoms. The van der Waals surface area contributed by atoms with Crippen molar-refractivity contribution in [1.82, 2.24) is 21.3 Å². The molecule has 0 aromatic rings. The Hall–Kier alpha value is -3.53. The number of Topliss-reactive ketones (excluding diaryl/α,β-unsaturated/α-hetero) is 1. The van der Waals surface area contributed by atoms with E-state index in [0.717, 1.165) is 13.0 Å². The Bertz CT molecular complexity index is 956. The predicted octanol–water partition coefficient (Wildman–Crippen LogP) is -1.04. The summed E-state index contributed by atoms with van der Waals surface area (Å²) >= 11 is 0. The van der Waals surface area contributed by atoms with Crippen LogP contribution in [0.4, 0.5) is 4.79 Å². The number of aliphatic carboxylic acids is 1. The Morgan fingerprint density at radius 3 is 1.98 bits per heavy atom. The van der Waals surface area contributed by atoms with Gasteiger partial charge in [-0.25, -0.2) is 9.59 Å². The van der Waals surface area contributed by atoms with Crippen molar-refractivity contribution in [2.45, 2.75) is 95.8 Å². The number of primary amides is 1. The van der Waals surface area contributed by atoms with E-state index in [4.69, 9.17) is 21.3 Å². The molecule has 0 bridgehead atoms. The van der Waals surface area contributed by atoms with Gasteiger partial charge in [0.2, 0.25) is 23.6 Å². The molecule has 15 nitrogen and oxygen atoms in total. The molecule has 0 radical (unpaired) electrons. The SMILES string of the molecule is CC(=O)[C@](N)(CCCCNC(=O)OCC[Si](C)(C)C)C(=O)N[C@@H](C)C(=O)N[C@@H](C)C(=O)N[C@@H](CC(N)=O)C(=O)O. The van der Waals surface area contributed by atoms with E-state index in [0.29, 0.717) is 19.4 Å². The van der Waals surface area contributed by atoms with Crippen LogP contribution in [0.15, 0.2) is 0 Å². The van der Waals surface area contributed by atoms with Crippen LogP contribution in [0, 0.1) is 0 Å². The van der Waals surface area contributed by atoms with E-state index in [2.05, 4.69) is 40.9 Å². The van der Waals surface area contributed by atoms with Crippen molar-refractivity contribution in [2.75, 3.05) is 13.2 Å². The summed E-state index contributed by atoms with van der Waals surface area (Å²) in [6, 6.07) is -3.18. The van der Waals surface area contributed by atoms with E-state index in [1.54, 1.807) is 0 Å². The molecule has 0 aliphatic carbocycles. The minimum absolute atomic E-state index is 0.0515. The lowest BCUT2D eigenvalue weighted by Crippen LogP contribution is -2.62. The molecular weight excluding hydrogens is 544 g/mol. The average molecular weight is 589 g/mol. The van der Waals surface area contributed by atoms with Crippen LogP contribution in [0.1, 0.15) is 46.5 Å². The molecule has 0 saturated heterocycles. The van der Waals surface area contributed by atoms with Crippen LogP contribution in [0.3, 0.4) is 0 Å². The first kappa shape index (κ1) is 36.5. The van der Waals surface area contributed by atoms with Gasteiger partial charge in [-0.15, -0.1) is 0 Å². The number of amides is 5. The number of rotatable bonds is 18.